The van der Waals surface area contributed by atoms with E-state index in [1.807, 2.05) is 38.4 Å². The maximum Gasteiger partial charge on any atom is 0.251 e. The van der Waals surface area contributed by atoms with Crippen molar-refractivity contribution in [2.75, 3.05) is 5.32 Å². The zero-order valence-electron chi connectivity index (χ0n) is 15.5. The molecule has 142 valence electrons. The number of hydrogen-bond acceptors (Lipinski definition) is 7. The molecule has 0 aliphatic rings. The van der Waals surface area contributed by atoms with Crippen molar-refractivity contribution < 1.29 is 4.79 Å². The first-order valence-corrected chi connectivity index (χ1v) is 9.13. The van der Waals surface area contributed by atoms with E-state index in [1.165, 1.54) is 18.1 Å². The molecule has 0 aliphatic carbocycles. The van der Waals surface area contributed by atoms with Crippen molar-refractivity contribution in [3.05, 3.63) is 64.0 Å². The Balaban J connectivity index is 1.84. The van der Waals surface area contributed by atoms with Crippen LogP contribution in [0.5, 0.6) is 0 Å². The number of rotatable bonds is 6. The average Bonchev–Trinajstić information content (AvgIpc) is 3.07. The Morgan fingerprint density at radius 3 is 2.86 bits per heavy atom. The van der Waals surface area contributed by atoms with Gasteiger partial charge in [-0.25, -0.2) is 15.0 Å². The molecule has 3 rings (SSSR count). The van der Waals surface area contributed by atoms with Crippen molar-refractivity contribution in [3.63, 3.8) is 0 Å². The van der Waals surface area contributed by atoms with Gasteiger partial charge in [0.25, 0.3) is 5.91 Å². The molecule has 1 amide bonds. The Labute approximate surface area is 165 Å². The topological polar surface area (TPSA) is 112 Å². The zero-order valence-corrected chi connectivity index (χ0v) is 16.3. The average molecular weight is 393 g/mol. The van der Waals surface area contributed by atoms with E-state index in [1.54, 1.807) is 23.0 Å². The van der Waals surface area contributed by atoms with Crippen LogP contribution in [0.2, 0.25) is 0 Å². The Kier molecular flexibility index (Phi) is 5.85. The summed E-state index contributed by atoms with van der Waals surface area (Å²) < 4.78 is 1.70. The highest BCUT2D eigenvalue weighted by Gasteiger charge is 2.09. The molecule has 0 saturated carbocycles. The Bertz CT molecular complexity index is 1150. The molecule has 0 atom stereocenters. The summed E-state index contributed by atoms with van der Waals surface area (Å²) in [5, 5.41) is 9.28. The van der Waals surface area contributed by atoms with E-state index in [9.17, 15) is 4.79 Å². The van der Waals surface area contributed by atoms with Gasteiger partial charge in [-0.3, -0.25) is 9.48 Å². The van der Waals surface area contributed by atoms with Crippen LogP contribution in [0.4, 0.5) is 11.6 Å². The molecular formula is C19H19N7OS. The molecule has 0 unspecified atom stereocenters. The van der Waals surface area contributed by atoms with Gasteiger partial charge >= 0.3 is 0 Å². The van der Waals surface area contributed by atoms with Crippen molar-refractivity contribution >= 4 is 42.0 Å². The SMILES string of the molecule is C=c1c(Nc2ccn(C)n2)ncn/c1=C/C=C(\C)Sc1ncccc1C(N)=O. The zero-order chi connectivity index (χ0) is 20.1. The van der Waals surface area contributed by atoms with Crippen molar-refractivity contribution in [2.45, 2.75) is 11.9 Å². The third kappa shape index (κ3) is 4.63. The van der Waals surface area contributed by atoms with E-state index >= 15 is 0 Å². The first kappa shape index (κ1) is 19.3. The highest BCUT2D eigenvalue weighted by Crippen LogP contribution is 2.26. The second-order valence-corrected chi connectivity index (χ2v) is 7.09. The monoisotopic (exact) mass is 393 g/mol. The number of carbonyl (C=O) groups is 1. The fraction of sp³-hybridized carbons (Fsp3) is 0.105. The molecule has 0 aliphatic heterocycles. The highest BCUT2D eigenvalue weighted by atomic mass is 32.2. The number of carbonyl (C=O) groups excluding carboxylic acids is 1. The van der Waals surface area contributed by atoms with Crippen LogP contribution in [0.15, 0.2) is 52.9 Å². The van der Waals surface area contributed by atoms with Crippen LogP contribution in [-0.4, -0.2) is 30.6 Å². The molecule has 0 radical (unpaired) electrons. The van der Waals surface area contributed by atoms with E-state index in [0.29, 0.717) is 32.8 Å². The van der Waals surface area contributed by atoms with Crippen LogP contribution >= 0.6 is 11.8 Å². The van der Waals surface area contributed by atoms with Gasteiger partial charge in [0.1, 0.15) is 17.2 Å². The molecule has 0 spiro atoms. The number of aromatic nitrogens is 5. The standard InChI is InChI=1S/C19H19N7OS/c1-12(28-19-14(17(20)27)5-4-9-21-19)6-7-15-13(2)18(23-11-22-15)24-16-8-10-26(3)25-16/h4-11H,2H2,1,3H3,(H2,20,27)(H,22,23,24,25)/b12-6+,15-7+. The summed E-state index contributed by atoms with van der Waals surface area (Å²) in [5.41, 5.74) is 5.79. The van der Waals surface area contributed by atoms with Crippen molar-refractivity contribution in [1.29, 1.82) is 0 Å². The number of nitrogens with one attached hydrogen (secondary N) is 1. The van der Waals surface area contributed by atoms with E-state index in [0.717, 1.165) is 4.91 Å². The molecule has 3 N–H and O–H groups in total. The predicted molar refractivity (Wildman–Crippen MR) is 110 cm³/mol. The second-order valence-electron chi connectivity index (χ2n) is 5.85. The lowest BCUT2D eigenvalue weighted by Gasteiger charge is -2.04. The number of primary amides is 1. The van der Waals surface area contributed by atoms with Gasteiger partial charge in [-0.15, -0.1) is 0 Å². The minimum Gasteiger partial charge on any atom is -0.366 e. The van der Waals surface area contributed by atoms with Gasteiger partial charge in [-0.2, -0.15) is 5.10 Å². The summed E-state index contributed by atoms with van der Waals surface area (Å²) in [6, 6.07) is 5.18. The minimum atomic E-state index is -0.506. The lowest BCUT2D eigenvalue weighted by Crippen LogP contribution is -2.30. The van der Waals surface area contributed by atoms with Gasteiger partial charge < -0.3 is 11.1 Å². The third-order valence-electron chi connectivity index (χ3n) is 3.71. The summed E-state index contributed by atoms with van der Waals surface area (Å²) in [6.07, 6.45) is 8.64. The van der Waals surface area contributed by atoms with Gasteiger partial charge in [-0.1, -0.05) is 24.4 Å². The van der Waals surface area contributed by atoms with Crippen molar-refractivity contribution in [2.24, 2.45) is 12.8 Å². The number of hydrogen-bond donors (Lipinski definition) is 2. The molecule has 0 aromatic carbocycles. The van der Waals surface area contributed by atoms with Crippen LogP contribution in [0.3, 0.4) is 0 Å². The third-order valence-corrected chi connectivity index (χ3v) is 4.69. The largest absolute Gasteiger partial charge is 0.366 e. The quantitative estimate of drug-likeness (QED) is 0.608. The molecule has 3 aromatic heterocycles. The number of aryl methyl sites for hydroxylation is 1. The molecule has 3 heterocycles. The lowest BCUT2D eigenvalue weighted by atomic mass is 10.3. The number of thioether (sulfide) groups is 1. The van der Waals surface area contributed by atoms with Gasteiger partial charge in [0.15, 0.2) is 5.82 Å². The van der Waals surface area contributed by atoms with E-state index in [-0.39, 0.29) is 0 Å². The molecule has 0 bridgehead atoms. The van der Waals surface area contributed by atoms with Crippen LogP contribution < -0.4 is 21.6 Å². The predicted octanol–water partition coefficient (Wildman–Crippen LogP) is 1.33. The normalized spacial score (nSPS) is 12.2. The van der Waals surface area contributed by atoms with Gasteiger partial charge in [0.05, 0.1) is 10.9 Å². The first-order valence-electron chi connectivity index (χ1n) is 8.32. The first-order chi connectivity index (χ1) is 13.4. The molecule has 0 fully saturated rings. The Morgan fingerprint density at radius 1 is 1.32 bits per heavy atom. The number of pyridine rings is 1. The summed E-state index contributed by atoms with van der Waals surface area (Å²) in [4.78, 5) is 25.2. The number of anilines is 2. The van der Waals surface area contributed by atoms with E-state index in [2.05, 4.69) is 31.9 Å². The summed E-state index contributed by atoms with van der Waals surface area (Å²) in [5.74, 6) is 0.751. The molecule has 8 nitrogen and oxygen atoms in total. The second kappa shape index (κ2) is 8.49. The molecular weight excluding hydrogens is 374 g/mol. The van der Waals surface area contributed by atoms with Crippen molar-refractivity contribution in [3.8, 4) is 0 Å². The summed E-state index contributed by atoms with van der Waals surface area (Å²) in [6.45, 7) is 5.97. The number of allylic oxidation sites excluding steroid dienone is 2. The van der Waals surface area contributed by atoms with Crippen LogP contribution in [0.25, 0.3) is 12.7 Å². The molecule has 3 aromatic rings. The van der Waals surface area contributed by atoms with Crippen LogP contribution in [0.1, 0.15) is 17.3 Å². The Morgan fingerprint density at radius 2 is 2.14 bits per heavy atom. The van der Waals surface area contributed by atoms with Crippen LogP contribution in [0, 0.1) is 0 Å². The summed E-state index contributed by atoms with van der Waals surface area (Å²) in [7, 11) is 1.84. The maximum atomic E-state index is 11.5. The molecule has 28 heavy (non-hydrogen) atoms. The van der Waals surface area contributed by atoms with Gasteiger partial charge in [0.2, 0.25) is 0 Å². The smallest absolute Gasteiger partial charge is 0.251 e. The molecule has 0 saturated heterocycles. The minimum absolute atomic E-state index is 0.391. The molecule has 9 heteroatoms. The number of nitrogens with zero attached hydrogens (tertiary/aromatic N) is 5. The van der Waals surface area contributed by atoms with Crippen LogP contribution in [-0.2, 0) is 7.05 Å². The lowest BCUT2D eigenvalue weighted by molar-refractivity contribution is 0.0997. The highest BCUT2D eigenvalue weighted by molar-refractivity contribution is 8.03. The van der Waals surface area contributed by atoms with E-state index in [4.69, 9.17) is 5.73 Å². The van der Waals surface area contributed by atoms with Gasteiger partial charge in [-0.05, 0) is 30.0 Å². The van der Waals surface area contributed by atoms with Crippen molar-refractivity contribution in [1.82, 2.24) is 24.7 Å². The fourth-order valence-corrected chi connectivity index (χ4v) is 3.16. The maximum absolute atomic E-state index is 11.5. The Hall–Kier alpha value is -3.46. The number of amides is 1. The van der Waals surface area contributed by atoms with Gasteiger partial charge in [0, 0.05) is 30.7 Å². The summed E-state index contributed by atoms with van der Waals surface area (Å²) >= 11 is 1.36. The number of nitrogens with two attached hydrogens (primary N) is 1. The van der Waals surface area contributed by atoms with E-state index < -0.39 is 5.91 Å². The fourth-order valence-electron chi connectivity index (χ4n) is 2.32.